The van der Waals surface area contributed by atoms with Crippen LogP contribution in [0.2, 0.25) is 18.1 Å². The first-order valence-electron chi connectivity index (χ1n) is 12.2. The molecule has 0 spiro atoms. The first-order valence-corrected chi connectivity index (χ1v) is 15.2. The van der Waals surface area contributed by atoms with Gasteiger partial charge in [0.25, 0.3) is 0 Å². The summed E-state index contributed by atoms with van der Waals surface area (Å²) in [5.41, 5.74) is 0.728. The fraction of sp³-hybridized carbons (Fsp3) is 0.741. The number of fused-ring (bicyclic) bond motifs is 1. The Hall–Kier alpha value is -1.01. The summed E-state index contributed by atoms with van der Waals surface area (Å²) in [7, 11) is -1.87. The molecular weight excluding hydrogens is 416 g/mol. The van der Waals surface area contributed by atoms with Crippen molar-refractivity contribution in [3.63, 3.8) is 0 Å². The van der Waals surface area contributed by atoms with E-state index in [4.69, 9.17) is 13.9 Å². The van der Waals surface area contributed by atoms with Crippen LogP contribution < -0.4 is 0 Å². The Labute approximate surface area is 196 Å². The van der Waals surface area contributed by atoms with Crippen LogP contribution in [-0.2, 0) is 25.3 Å². The van der Waals surface area contributed by atoms with Crippen molar-refractivity contribution in [2.24, 2.45) is 16.7 Å². The summed E-state index contributed by atoms with van der Waals surface area (Å²) >= 11 is 0. The largest absolute Gasteiger partial charge is 0.413 e. The first kappa shape index (κ1) is 25.6. The lowest BCUT2D eigenvalue weighted by Gasteiger charge is -2.58. The van der Waals surface area contributed by atoms with Crippen molar-refractivity contribution in [1.82, 2.24) is 0 Å². The van der Waals surface area contributed by atoms with Crippen molar-refractivity contribution in [3.8, 4) is 0 Å². The third kappa shape index (κ3) is 5.06. The number of Topliss-reactive ketones (excluding diaryl/α,β-unsaturated/α-hetero) is 1. The molecular formula is C27H44O4Si. The first-order chi connectivity index (χ1) is 14.8. The Balaban J connectivity index is 1.62. The maximum absolute atomic E-state index is 13.6. The Bertz CT molecular complexity index is 783. The molecule has 0 N–H and O–H groups in total. The van der Waals surface area contributed by atoms with E-state index < -0.39 is 8.32 Å². The van der Waals surface area contributed by atoms with E-state index in [0.717, 1.165) is 31.2 Å². The molecule has 0 aliphatic heterocycles. The number of benzene rings is 1. The Morgan fingerprint density at radius 3 is 2.31 bits per heavy atom. The van der Waals surface area contributed by atoms with Crippen LogP contribution in [0.4, 0.5) is 0 Å². The van der Waals surface area contributed by atoms with Gasteiger partial charge in [0.05, 0.1) is 12.7 Å². The zero-order valence-electron chi connectivity index (χ0n) is 21.5. The molecule has 0 saturated heterocycles. The van der Waals surface area contributed by atoms with Crippen molar-refractivity contribution in [2.75, 3.05) is 6.79 Å². The van der Waals surface area contributed by atoms with Gasteiger partial charge in [-0.15, -0.1) is 0 Å². The predicted octanol–water partition coefficient (Wildman–Crippen LogP) is 6.74. The molecule has 0 bridgehead atoms. The monoisotopic (exact) mass is 460 g/mol. The van der Waals surface area contributed by atoms with Crippen LogP contribution >= 0.6 is 0 Å². The van der Waals surface area contributed by atoms with Crippen molar-refractivity contribution in [2.45, 2.75) is 104 Å². The molecule has 1 aromatic rings. The number of rotatable bonds is 7. The molecule has 2 saturated carbocycles. The smallest absolute Gasteiger partial charge is 0.192 e. The lowest BCUT2D eigenvalue weighted by molar-refractivity contribution is -0.180. The molecule has 0 radical (unpaired) electrons. The fourth-order valence-corrected chi connectivity index (χ4v) is 7.08. The predicted molar refractivity (Wildman–Crippen MR) is 132 cm³/mol. The van der Waals surface area contributed by atoms with Gasteiger partial charge in [-0.2, -0.15) is 0 Å². The van der Waals surface area contributed by atoms with Crippen LogP contribution in [0.15, 0.2) is 30.3 Å². The SMILES string of the molecule is CC1(C)[C@@H](O[Si](C)(C)C(C)(C)C)CC[C@]2(C)C(=O)[C@H](OCOCc3ccccc3)CC[C@@H]12. The minimum atomic E-state index is -1.87. The van der Waals surface area contributed by atoms with E-state index in [1.165, 1.54) is 0 Å². The lowest BCUT2D eigenvalue weighted by atomic mass is 9.50. The van der Waals surface area contributed by atoms with Crippen LogP contribution in [0.3, 0.4) is 0 Å². The number of hydrogen-bond donors (Lipinski definition) is 0. The molecule has 0 unspecified atom stereocenters. The minimum absolute atomic E-state index is 0.0348. The summed E-state index contributed by atoms with van der Waals surface area (Å²) in [6, 6.07) is 10.1. The average Bonchev–Trinajstić information content (AvgIpc) is 2.70. The topological polar surface area (TPSA) is 44.8 Å². The molecule has 1 aromatic carbocycles. The third-order valence-corrected chi connectivity index (χ3v) is 13.2. The molecule has 2 aliphatic carbocycles. The molecule has 0 heterocycles. The van der Waals surface area contributed by atoms with Gasteiger partial charge in [-0.25, -0.2) is 0 Å². The molecule has 3 rings (SSSR count). The number of carbonyl (C=O) groups is 1. The van der Waals surface area contributed by atoms with E-state index in [2.05, 4.69) is 54.6 Å². The summed E-state index contributed by atoms with van der Waals surface area (Å²) in [6.07, 6.45) is 3.43. The van der Waals surface area contributed by atoms with Gasteiger partial charge >= 0.3 is 0 Å². The van der Waals surface area contributed by atoms with E-state index in [1.54, 1.807) is 0 Å². The molecule has 32 heavy (non-hydrogen) atoms. The van der Waals surface area contributed by atoms with Crippen molar-refractivity contribution < 1.29 is 18.7 Å². The summed E-state index contributed by atoms with van der Waals surface area (Å²) in [6.45, 7) is 19.0. The van der Waals surface area contributed by atoms with Crippen LogP contribution in [0.25, 0.3) is 0 Å². The molecule has 0 amide bonds. The third-order valence-electron chi connectivity index (χ3n) is 8.70. The molecule has 2 fully saturated rings. The summed E-state index contributed by atoms with van der Waals surface area (Å²) in [5.74, 6) is 0.576. The van der Waals surface area contributed by atoms with Gasteiger partial charge in [-0.3, -0.25) is 4.79 Å². The Morgan fingerprint density at radius 2 is 1.69 bits per heavy atom. The lowest BCUT2D eigenvalue weighted by Crippen LogP contribution is -2.60. The van der Waals surface area contributed by atoms with Crippen LogP contribution in [0.5, 0.6) is 0 Å². The Morgan fingerprint density at radius 1 is 1.03 bits per heavy atom. The Kier molecular flexibility index (Phi) is 7.46. The van der Waals surface area contributed by atoms with E-state index >= 15 is 0 Å². The highest BCUT2D eigenvalue weighted by Crippen LogP contribution is 2.58. The molecule has 4 nitrogen and oxygen atoms in total. The van der Waals surface area contributed by atoms with Gasteiger partial charge in [0.1, 0.15) is 12.9 Å². The maximum Gasteiger partial charge on any atom is 0.192 e. The number of carbonyl (C=O) groups excluding carboxylic acids is 1. The molecule has 2 aliphatic rings. The standard InChI is InChI=1S/C27H44O4Si/c1-25(2,3)32(7,8)31-23-16-17-27(6)22(26(23,4)5)15-14-21(24(27)28)30-19-29-18-20-12-10-9-11-13-20/h9-13,21-23H,14-19H2,1-8H3/t21-,22+,23+,27+/m1/s1. The highest BCUT2D eigenvalue weighted by molar-refractivity contribution is 6.74. The van der Waals surface area contributed by atoms with Gasteiger partial charge in [-0.1, -0.05) is 71.9 Å². The summed E-state index contributed by atoms with van der Waals surface area (Å²) in [4.78, 5) is 13.6. The maximum atomic E-state index is 13.6. The van der Waals surface area contributed by atoms with Gasteiger partial charge in [0.15, 0.2) is 14.1 Å². The fourth-order valence-electron chi connectivity index (χ4n) is 5.59. The molecule has 0 aromatic heterocycles. The normalized spacial score (nSPS) is 30.8. The minimum Gasteiger partial charge on any atom is -0.413 e. The second-order valence-electron chi connectivity index (χ2n) is 12.2. The van der Waals surface area contributed by atoms with Crippen LogP contribution in [0, 0.1) is 16.7 Å². The zero-order valence-corrected chi connectivity index (χ0v) is 22.5. The molecule has 180 valence electrons. The second kappa shape index (κ2) is 9.32. The van der Waals surface area contributed by atoms with Gasteiger partial charge in [0.2, 0.25) is 0 Å². The number of ether oxygens (including phenoxy) is 2. The summed E-state index contributed by atoms with van der Waals surface area (Å²) in [5, 5.41) is 0.185. The second-order valence-corrected chi connectivity index (χ2v) is 17.0. The van der Waals surface area contributed by atoms with Gasteiger partial charge in [-0.05, 0) is 60.7 Å². The van der Waals surface area contributed by atoms with Crippen molar-refractivity contribution in [1.29, 1.82) is 0 Å². The van der Waals surface area contributed by atoms with Gasteiger partial charge in [0, 0.05) is 5.41 Å². The van der Waals surface area contributed by atoms with Crippen LogP contribution in [-0.4, -0.2) is 33.1 Å². The van der Waals surface area contributed by atoms with E-state index in [0.29, 0.717) is 12.5 Å². The highest BCUT2D eigenvalue weighted by atomic mass is 28.4. The zero-order chi connectivity index (χ0) is 23.8. The highest BCUT2D eigenvalue weighted by Gasteiger charge is 2.59. The van der Waals surface area contributed by atoms with Crippen molar-refractivity contribution >= 4 is 14.1 Å². The van der Waals surface area contributed by atoms with E-state index in [9.17, 15) is 4.79 Å². The van der Waals surface area contributed by atoms with E-state index in [1.807, 2.05) is 30.3 Å². The van der Waals surface area contributed by atoms with Gasteiger partial charge < -0.3 is 13.9 Å². The molecule has 5 heteroatoms. The quantitative estimate of drug-likeness (QED) is 0.257. The van der Waals surface area contributed by atoms with E-state index in [-0.39, 0.29) is 40.7 Å². The average molecular weight is 461 g/mol. The van der Waals surface area contributed by atoms with Crippen molar-refractivity contribution in [3.05, 3.63) is 35.9 Å². The van der Waals surface area contributed by atoms with Crippen LogP contribution in [0.1, 0.15) is 72.8 Å². The number of hydrogen-bond acceptors (Lipinski definition) is 4. The molecule has 4 atom stereocenters. The number of ketones is 1. The summed E-state index contributed by atoms with van der Waals surface area (Å²) < 4.78 is 18.6.